The zero-order valence-corrected chi connectivity index (χ0v) is 11.9. The maximum atomic E-state index is 11.8. The van der Waals surface area contributed by atoms with E-state index in [0.717, 1.165) is 17.8 Å². The van der Waals surface area contributed by atoms with Crippen molar-refractivity contribution in [1.82, 2.24) is 10.3 Å². The van der Waals surface area contributed by atoms with Crippen molar-refractivity contribution in [3.63, 3.8) is 0 Å². The highest BCUT2D eigenvalue weighted by atomic mass is 32.1. The SMILES string of the molecule is O=C(O)CCNC(=O)c1csc(NC(=O)C2CCCO2)n1. The summed E-state index contributed by atoms with van der Waals surface area (Å²) in [6.07, 6.45) is 0.924. The summed E-state index contributed by atoms with van der Waals surface area (Å²) in [6.45, 7) is 0.608. The largest absolute Gasteiger partial charge is 0.481 e. The number of thiazole rings is 1. The summed E-state index contributed by atoms with van der Waals surface area (Å²) in [5.41, 5.74) is 0.146. The summed E-state index contributed by atoms with van der Waals surface area (Å²) in [4.78, 5) is 37.8. The molecule has 1 aliphatic heterocycles. The van der Waals surface area contributed by atoms with Gasteiger partial charge in [0.2, 0.25) is 0 Å². The number of amides is 2. The van der Waals surface area contributed by atoms with Gasteiger partial charge in [0.05, 0.1) is 6.42 Å². The Kier molecular flexibility index (Phi) is 5.23. The summed E-state index contributed by atoms with van der Waals surface area (Å²) in [5.74, 6) is -1.72. The molecule has 1 aromatic rings. The second-order valence-electron chi connectivity index (χ2n) is 4.43. The molecule has 3 N–H and O–H groups in total. The standard InChI is InChI=1S/C12H15N3O5S/c16-9(17)3-4-13-10(18)7-6-21-12(14-7)15-11(19)8-2-1-5-20-8/h6,8H,1-5H2,(H,13,18)(H,16,17)(H,14,15,19). The van der Waals surface area contributed by atoms with Crippen LogP contribution in [0.3, 0.4) is 0 Å². The van der Waals surface area contributed by atoms with E-state index in [4.69, 9.17) is 9.84 Å². The van der Waals surface area contributed by atoms with E-state index in [-0.39, 0.29) is 24.6 Å². The van der Waals surface area contributed by atoms with Crippen LogP contribution in [0.15, 0.2) is 5.38 Å². The van der Waals surface area contributed by atoms with Crippen LogP contribution in [0, 0.1) is 0 Å². The maximum Gasteiger partial charge on any atom is 0.305 e. The van der Waals surface area contributed by atoms with E-state index in [1.54, 1.807) is 0 Å². The Morgan fingerprint density at radius 3 is 2.95 bits per heavy atom. The number of carboxylic acid groups (broad SMARTS) is 1. The number of rotatable bonds is 6. The molecular formula is C12H15N3O5S. The van der Waals surface area contributed by atoms with E-state index >= 15 is 0 Å². The molecule has 8 nitrogen and oxygen atoms in total. The quantitative estimate of drug-likeness (QED) is 0.702. The normalized spacial score (nSPS) is 17.4. The molecule has 1 aromatic heterocycles. The highest BCUT2D eigenvalue weighted by Gasteiger charge is 2.24. The molecule has 0 bridgehead atoms. The number of hydrogen-bond donors (Lipinski definition) is 3. The minimum atomic E-state index is -0.988. The maximum absolute atomic E-state index is 11.8. The first-order valence-electron chi connectivity index (χ1n) is 6.44. The lowest BCUT2D eigenvalue weighted by atomic mass is 10.2. The summed E-state index contributed by atoms with van der Waals surface area (Å²) < 4.78 is 5.25. The summed E-state index contributed by atoms with van der Waals surface area (Å²) in [5, 5.41) is 15.3. The van der Waals surface area contributed by atoms with Gasteiger partial charge in [0.25, 0.3) is 11.8 Å². The van der Waals surface area contributed by atoms with Gasteiger partial charge in [-0.3, -0.25) is 19.7 Å². The van der Waals surface area contributed by atoms with Gasteiger partial charge in [-0.25, -0.2) is 4.98 Å². The number of nitrogens with zero attached hydrogens (tertiary/aromatic N) is 1. The van der Waals surface area contributed by atoms with Crippen LogP contribution < -0.4 is 10.6 Å². The van der Waals surface area contributed by atoms with Crippen molar-refractivity contribution in [1.29, 1.82) is 0 Å². The molecule has 1 saturated heterocycles. The molecule has 0 aliphatic carbocycles. The summed E-state index contributed by atoms with van der Waals surface area (Å²) in [7, 11) is 0. The molecule has 0 aromatic carbocycles. The monoisotopic (exact) mass is 313 g/mol. The Balaban J connectivity index is 1.84. The van der Waals surface area contributed by atoms with Crippen LogP contribution in [0.4, 0.5) is 5.13 Å². The number of nitrogens with one attached hydrogen (secondary N) is 2. The molecule has 21 heavy (non-hydrogen) atoms. The van der Waals surface area contributed by atoms with Crippen molar-refractivity contribution in [2.75, 3.05) is 18.5 Å². The lowest BCUT2D eigenvalue weighted by molar-refractivity contribution is -0.136. The fraction of sp³-hybridized carbons (Fsp3) is 0.500. The van der Waals surface area contributed by atoms with Crippen molar-refractivity contribution in [3.05, 3.63) is 11.1 Å². The average Bonchev–Trinajstić information content (AvgIpc) is 3.09. The van der Waals surface area contributed by atoms with Crippen LogP contribution in [0.25, 0.3) is 0 Å². The van der Waals surface area contributed by atoms with Gasteiger partial charge >= 0.3 is 5.97 Å². The Morgan fingerprint density at radius 2 is 2.29 bits per heavy atom. The van der Waals surface area contributed by atoms with E-state index in [1.807, 2.05) is 0 Å². The third kappa shape index (κ3) is 4.50. The summed E-state index contributed by atoms with van der Waals surface area (Å²) in [6, 6.07) is 0. The van der Waals surface area contributed by atoms with Gasteiger partial charge in [0.15, 0.2) is 5.13 Å². The molecule has 0 radical (unpaired) electrons. The molecule has 0 saturated carbocycles. The molecule has 2 rings (SSSR count). The van der Waals surface area contributed by atoms with Gasteiger partial charge in [-0.15, -0.1) is 11.3 Å². The Hall–Kier alpha value is -2.00. The van der Waals surface area contributed by atoms with E-state index in [0.29, 0.717) is 18.2 Å². The number of carbonyl (C=O) groups is 3. The van der Waals surface area contributed by atoms with E-state index in [1.165, 1.54) is 5.38 Å². The summed E-state index contributed by atoms with van der Waals surface area (Å²) >= 11 is 1.13. The van der Waals surface area contributed by atoms with Gasteiger partial charge in [0, 0.05) is 18.5 Å². The first kappa shape index (κ1) is 15.4. The number of anilines is 1. The Morgan fingerprint density at radius 1 is 1.48 bits per heavy atom. The fourth-order valence-corrected chi connectivity index (χ4v) is 2.47. The fourth-order valence-electron chi connectivity index (χ4n) is 1.78. The average molecular weight is 313 g/mol. The second kappa shape index (κ2) is 7.14. The van der Waals surface area contributed by atoms with Crippen molar-refractivity contribution >= 4 is 34.3 Å². The van der Waals surface area contributed by atoms with Crippen molar-refractivity contribution < 1.29 is 24.2 Å². The van der Waals surface area contributed by atoms with Gasteiger partial charge in [-0.05, 0) is 12.8 Å². The van der Waals surface area contributed by atoms with E-state index in [2.05, 4.69) is 15.6 Å². The molecule has 1 aliphatic rings. The number of ether oxygens (including phenoxy) is 1. The zero-order chi connectivity index (χ0) is 15.2. The van der Waals surface area contributed by atoms with Crippen LogP contribution in [-0.4, -0.2) is 47.1 Å². The Bertz CT molecular complexity index is 539. The topological polar surface area (TPSA) is 118 Å². The Labute approximate surface area is 124 Å². The minimum Gasteiger partial charge on any atom is -0.481 e. The number of aliphatic carboxylic acids is 1. The predicted octanol–water partition coefficient (Wildman–Crippen LogP) is 0.465. The molecule has 0 spiro atoms. The third-order valence-corrected chi connectivity index (χ3v) is 3.57. The number of carboxylic acids is 1. The molecule has 2 heterocycles. The molecule has 114 valence electrons. The van der Waals surface area contributed by atoms with Crippen LogP contribution >= 0.6 is 11.3 Å². The molecule has 1 unspecified atom stereocenters. The van der Waals surface area contributed by atoms with E-state index < -0.39 is 18.0 Å². The lowest BCUT2D eigenvalue weighted by Crippen LogP contribution is -2.27. The van der Waals surface area contributed by atoms with Gasteiger partial charge in [-0.2, -0.15) is 0 Å². The van der Waals surface area contributed by atoms with Crippen molar-refractivity contribution in [2.24, 2.45) is 0 Å². The molecule has 1 atom stereocenters. The highest BCUT2D eigenvalue weighted by molar-refractivity contribution is 7.14. The van der Waals surface area contributed by atoms with Crippen LogP contribution in [0.5, 0.6) is 0 Å². The smallest absolute Gasteiger partial charge is 0.305 e. The molecular weight excluding hydrogens is 298 g/mol. The van der Waals surface area contributed by atoms with Gasteiger partial charge in [0.1, 0.15) is 11.8 Å². The van der Waals surface area contributed by atoms with Crippen LogP contribution in [0.2, 0.25) is 0 Å². The van der Waals surface area contributed by atoms with Crippen molar-refractivity contribution in [2.45, 2.75) is 25.4 Å². The number of carbonyl (C=O) groups excluding carboxylic acids is 2. The predicted molar refractivity (Wildman–Crippen MR) is 74.3 cm³/mol. The van der Waals surface area contributed by atoms with Crippen LogP contribution in [0.1, 0.15) is 29.8 Å². The molecule has 2 amide bonds. The minimum absolute atomic E-state index is 0.0311. The molecule has 9 heteroatoms. The lowest BCUT2D eigenvalue weighted by Gasteiger charge is -2.07. The highest BCUT2D eigenvalue weighted by Crippen LogP contribution is 2.18. The second-order valence-corrected chi connectivity index (χ2v) is 5.29. The van der Waals surface area contributed by atoms with E-state index in [9.17, 15) is 14.4 Å². The van der Waals surface area contributed by atoms with Gasteiger partial charge in [-0.1, -0.05) is 0 Å². The number of aromatic nitrogens is 1. The third-order valence-electron chi connectivity index (χ3n) is 2.81. The van der Waals surface area contributed by atoms with Crippen LogP contribution in [-0.2, 0) is 14.3 Å². The number of hydrogen-bond acceptors (Lipinski definition) is 6. The zero-order valence-electron chi connectivity index (χ0n) is 11.1. The van der Waals surface area contributed by atoms with Gasteiger partial charge < -0.3 is 15.2 Å². The first-order chi connectivity index (χ1) is 10.1. The molecule has 1 fully saturated rings. The van der Waals surface area contributed by atoms with Crippen molar-refractivity contribution in [3.8, 4) is 0 Å². The first-order valence-corrected chi connectivity index (χ1v) is 7.32.